The van der Waals surface area contributed by atoms with Gasteiger partial charge in [0.05, 0.1) is 12.6 Å². The molecule has 1 unspecified atom stereocenters. The van der Waals surface area contributed by atoms with Gasteiger partial charge in [-0.1, -0.05) is 52.9 Å². The van der Waals surface area contributed by atoms with Crippen LogP contribution in [-0.4, -0.2) is 30.9 Å². The molecule has 0 radical (unpaired) electrons. The molecule has 0 aliphatic carbocycles. The molecule has 0 saturated carbocycles. The molecule has 0 saturated heterocycles. The molecular weight excluding hydrogens is 254 g/mol. The Hall–Kier alpha value is -0.900. The summed E-state index contributed by atoms with van der Waals surface area (Å²) in [4.78, 5) is 23.6. The minimum absolute atomic E-state index is 0.358. The zero-order chi connectivity index (χ0) is 15.2. The zero-order valence-electron chi connectivity index (χ0n) is 13.4. The van der Waals surface area contributed by atoms with Crippen molar-refractivity contribution in [1.82, 2.24) is 5.32 Å². The van der Waals surface area contributed by atoms with Crippen LogP contribution in [0.5, 0.6) is 0 Å². The molecular formula is C16H31NO3. The highest BCUT2D eigenvalue weighted by Crippen LogP contribution is 2.01. The summed E-state index contributed by atoms with van der Waals surface area (Å²) in [6.45, 7) is 7.31. The Morgan fingerprint density at radius 1 is 0.950 bits per heavy atom. The average molecular weight is 285 g/mol. The number of hydrogen-bond donors (Lipinski definition) is 1. The molecule has 1 atom stereocenters. The van der Waals surface area contributed by atoms with Crippen molar-refractivity contribution in [3.05, 3.63) is 0 Å². The Labute approximate surface area is 123 Å². The fraction of sp³-hybridized carbons (Fsp3) is 0.875. The monoisotopic (exact) mass is 285 g/mol. The lowest BCUT2D eigenvalue weighted by atomic mass is 10.1. The molecule has 0 fully saturated rings. The number of unbranched alkanes of at least 4 members (excludes halogenated alkanes) is 5. The van der Waals surface area contributed by atoms with E-state index in [1.54, 1.807) is 0 Å². The van der Waals surface area contributed by atoms with Crippen molar-refractivity contribution < 1.29 is 14.3 Å². The molecule has 0 amide bonds. The normalized spacial score (nSPS) is 12.2. The van der Waals surface area contributed by atoms with Gasteiger partial charge in [-0.2, -0.15) is 0 Å². The highest BCUT2D eigenvalue weighted by molar-refractivity contribution is 6.35. The summed E-state index contributed by atoms with van der Waals surface area (Å²) in [6.07, 6.45) is 8.11. The molecule has 0 spiro atoms. The van der Waals surface area contributed by atoms with E-state index in [2.05, 4.69) is 19.2 Å². The van der Waals surface area contributed by atoms with Gasteiger partial charge < -0.3 is 10.1 Å². The maximum Gasteiger partial charge on any atom is 0.376 e. The van der Waals surface area contributed by atoms with Crippen LogP contribution in [0.4, 0.5) is 0 Å². The van der Waals surface area contributed by atoms with E-state index in [-0.39, 0.29) is 0 Å². The molecule has 0 aliphatic heterocycles. The van der Waals surface area contributed by atoms with E-state index in [9.17, 15) is 9.59 Å². The Bertz CT molecular complexity index is 266. The van der Waals surface area contributed by atoms with Gasteiger partial charge in [0.2, 0.25) is 0 Å². The molecule has 4 nitrogen and oxygen atoms in total. The van der Waals surface area contributed by atoms with E-state index in [1.165, 1.54) is 0 Å². The minimum Gasteiger partial charge on any atom is -0.460 e. The van der Waals surface area contributed by atoms with Crippen LogP contribution in [0.15, 0.2) is 0 Å². The number of rotatable bonds is 13. The fourth-order valence-corrected chi connectivity index (χ4v) is 1.98. The van der Waals surface area contributed by atoms with Crippen LogP contribution >= 0.6 is 0 Å². The van der Waals surface area contributed by atoms with Crippen molar-refractivity contribution >= 4 is 11.8 Å². The first kappa shape index (κ1) is 19.1. The van der Waals surface area contributed by atoms with Crippen molar-refractivity contribution in [3.63, 3.8) is 0 Å². The van der Waals surface area contributed by atoms with Crippen LogP contribution in [-0.2, 0) is 14.3 Å². The Balaban J connectivity index is 3.89. The van der Waals surface area contributed by atoms with Crippen LogP contribution in [0.2, 0.25) is 0 Å². The van der Waals surface area contributed by atoms with Gasteiger partial charge >= 0.3 is 5.97 Å². The van der Waals surface area contributed by atoms with Crippen molar-refractivity contribution in [2.75, 3.05) is 13.2 Å². The van der Waals surface area contributed by atoms with E-state index >= 15 is 0 Å². The summed E-state index contributed by atoms with van der Waals surface area (Å²) in [5.74, 6) is -1.11. The maximum absolute atomic E-state index is 11.9. The second-order valence-corrected chi connectivity index (χ2v) is 5.18. The van der Waals surface area contributed by atoms with Gasteiger partial charge in [-0.3, -0.25) is 4.79 Å². The molecule has 0 rings (SSSR count). The van der Waals surface area contributed by atoms with E-state index in [4.69, 9.17) is 4.74 Å². The van der Waals surface area contributed by atoms with Crippen LogP contribution in [0, 0.1) is 0 Å². The number of carbonyl (C=O) groups excluding carboxylic acids is 2. The Kier molecular flexibility index (Phi) is 12.5. The number of Topliss-reactive ketones (excluding diaryl/α,β-unsaturated/α-hetero) is 1. The summed E-state index contributed by atoms with van der Waals surface area (Å²) in [7, 11) is 0. The van der Waals surface area contributed by atoms with Gasteiger partial charge in [0.1, 0.15) is 0 Å². The Morgan fingerprint density at radius 3 is 2.20 bits per heavy atom. The van der Waals surface area contributed by atoms with Gasteiger partial charge in [-0.25, -0.2) is 4.79 Å². The first-order valence-electron chi connectivity index (χ1n) is 8.11. The lowest BCUT2D eigenvalue weighted by molar-refractivity contribution is -0.155. The number of ether oxygens (including phenoxy) is 1. The van der Waals surface area contributed by atoms with E-state index in [1.807, 2.05) is 6.92 Å². The highest BCUT2D eigenvalue weighted by atomic mass is 16.5. The van der Waals surface area contributed by atoms with Crippen molar-refractivity contribution in [2.45, 2.75) is 78.2 Å². The molecule has 1 N–H and O–H groups in total. The SMILES string of the molecule is CCCCCCOC(=O)C(=O)C(CC)NCCCCC. The van der Waals surface area contributed by atoms with Crippen LogP contribution in [0.25, 0.3) is 0 Å². The van der Waals surface area contributed by atoms with Gasteiger partial charge in [0, 0.05) is 0 Å². The summed E-state index contributed by atoms with van der Waals surface area (Å²) < 4.78 is 5.03. The molecule has 0 aliphatic rings. The van der Waals surface area contributed by atoms with Crippen LogP contribution in [0.3, 0.4) is 0 Å². The first-order valence-corrected chi connectivity index (χ1v) is 8.11. The second kappa shape index (κ2) is 13.1. The van der Waals surface area contributed by atoms with Crippen LogP contribution < -0.4 is 5.32 Å². The molecule has 0 bridgehead atoms. The highest BCUT2D eigenvalue weighted by Gasteiger charge is 2.24. The van der Waals surface area contributed by atoms with E-state index in [0.717, 1.165) is 51.5 Å². The topological polar surface area (TPSA) is 55.4 Å². The third-order valence-corrected chi connectivity index (χ3v) is 3.33. The third-order valence-electron chi connectivity index (χ3n) is 3.33. The Morgan fingerprint density at radius 2 is 1.60 bits per heavy atom. The van der Waals surface area contributed by atoms with Crippen molar-refractivity contribution in [3.8, 4) is 0 Å². The van der Waals surface area contributed by atoms with Crippen LogP contribution in [0.1, 0.15) is 72.1 Å². The standard InChI is InChI=1S/C16H31NO3/c1-4-7-9-11-13-20-16(19)15(18)14(6-3)17-12-10-8-5-2/h14,17H,4-13H2,1-3H3. The third kappa shape index (κ3) is 9.08. The first-order chi connectivity index (χ1) is 9.67. The number of hydrogen-bond acceptors (Lipinski definition) is 4. The fourth-order valence-electron chi connectivity index (χ4n) is 1.98. The largest absolute Gasteiger partial charge is 0.460 e. The molecule has 0 heterocycles. The van der Waals surface area contributed by atoms with E-state index in [0.29, 0.717) is 13.0 Å². The molecule has 0 aromatic rings. The quantitative estimate of drug-likeness (QED) is 0.321. The molecule has 0 aromatic carbocycles. The lowest BCUT2D eigenvalue weighted by Crippen LogP contribution is -2.41. The second-order valence-electron chi connectivity index (χ2n) is 5.18. The summed E-state index contributed by atoms with van der Waals surface area (Å²) in [5.41, 5.74) is 0. The van der Waals surface area contributed by atoms with Gasteiger partial charge in [0.25, 0.3) is 5.78 Å². The smallest absolute Gasteiger partial charge is 0.376 e. The molecule has 20 heavy (non-hydrogen) atoms. The van der Waals surface area contributed by atoms with Gasteiger partial charge in [-0.15, -0.1) is 0 Å². The number of ketones is 1. The molecule has 118 valence electrons. The lowest BCUT2D eigenvalue weighted by Gasteiger charge is -2.14. The number of esters is 1. The number of carbonyl (C=O) groups is 2. The number of nitrogens with one attached hydrogen (secondary N) is 1. The van der Waals surface area contributed by atoms with Gasteiger partial charge in [0.15, 0.2) is 0 Å². The van der Waals surface area contributed by atoms with Gasteiger partial charge in [-0.05, 0) is 25.8 Å². The summed E-state index contributed by atoms with van der Waals surface area (Å²) in [5, 5.41) is 3.15. The predicted molar refractivity (Wildman–Crippen MR) is 81.7 cm³/mol. The summed E-state index contributed by atoms with van der Waals surface area (Å²) >= 11 is 0. The minimum atomic E-state index is -0.684. The van der Waals surface area contributed by atoms with Crippen molar-refractivity contribution in [2.24, 2.45) is 0 Å². The summed E-state index contributed by atoms with van der Waals surface area (Å²) in [6, 6.07) is -0.394. The van der Waals surface area contributed by atoms with E-state index < -0.39 is 17.8 Å². The maximum atomic E-state index is 11.9. The molecule has 0 aromatic heterocycles. The predicted octanol–water partition coefficient (Wildman–Crippen LogP) is 3.24. The molecule has 4 heteroatoms. The van der Waals surface area contributed by atoms with Crippen molar-refractivity contribution in [1.29, 1.82) is 0 Å². The average Bonchev–Trinajstić information content (AvgIpc) is 2.46. The zero-order valence-corrected chi connectivity index (χ0v) is 13.4.